The van der Waals surface area contributed by atoms with Gasteiger partial charge in [0, 0.05) is 38.8 Å². The summed E-state index contributed by atoms with van der Waals surface area (Å²) < 4.78 is 5.98. The van der Waals surface area contributed by atoms with E-state index in [1.807, 2.05) is 0 Å². The largest absolute Gasteiger partial charge is 0.378 e. The Balaban J connectivity index is 1.27. The molecule has 3 aliphatic rings. The van der Waals surface area contributed by atoms with Crippen LogP contribution in [0.2, 0.25) is 0 Å². The molecule has 0 aromatic heterocycles. The average Bonchev–Trinajstić information content (AvgIpc) is 2.92. The normalized spacial score (nSPS) is 30.6. The maximum absolute atomic E-state index is 5.98. The third kappa shape index (κ3) is 3.91. The zero-order chi connectivity index (χ0) is 12.9. The van der Waals surface area contributed by atoms with Gasteiger partial charge in [0.05, 0.1) is 6.10 Å². The minimum absolute atomic E-state index is 0.521. The topological polar surface area (TPSA) is 27.7 Å². The third-order valence-electron chi connectivity index (χ3n) is 4.93. The van der Waals surface area contributed by atoms with E-state index in [2.05, 4.69) is 15.1 Å². The first-order valence-electron chi connectivity index (χ1n) is 8.20. The Morgan fingerprint density at radius 3 is 2.84 bits per heavy atom. The van der Waals surface area contributed by atoms with Gasteiger partial charge in [-0.2, -0.15) is 0 Å². The fourth-order valence-corrected chi connectivity index (χ4v) is 3.76. The Morgan fingerprint density at radius 1 is 1.05 bits per heavy atom. The standard InChI is InChI=1S/C15H29N3O/c1-3-14-13-17(10-11-18(14)9-1)8-2-12-19-15-4-6-16-7-5-15/h14-16H,1-13H2. The molecule has 3 fully saturated rings. The number of fused-ring (bicyclic) bond motifs is 1. The van der Waals surface area contributed by atoms with Gasteiger partial charge in [-0.1, -0.05) is 0 Å². The van der Waals surface area contributed by atoms with Crippen LogP contribution in [0.25, 0.3) is 0 Å². The van der Waals surface area contributed by atoms with Crippen LogP contribution < -0.4 is 5.32 Å². The van der Waals surface area contributed by atoms with Gasteiger partial charge in [-0.3, -0.25) is 4.90 Å². The summed E-state index contributed by atoms with van der Waals surface area (Å²) in [5.41, 5.74) is 0. The van der Waals surface area contributed by atoms with Crippen LogP contribution in [-0.2, 0) is 4.74 Å². The van der Waals surface area contributed by atoms with Crippen LogP contribution in [-0.4, -0.2) is 74.4 Å². The predicted molar refractivity (Wildman–Crippen MR) is 77.5 cm³/mol. The molecule has 3 heterocycles. The monoisotopic (exact) mass is 267 g/mol. The van der Waals surface area contributed by atoms with Crippen LogP contribution in [0.4, 0.5) is 0 Å². The molecule has 0 spiro atoms. The average molecular weight is 267 g/mol. The Kier molecular flexibility index (Phi) is 5.10. The number of hydrogen-bond donors (Lipinski definition) is 1. The first kappa shape index (κ1) is 13.8. The quantitative estimate of drug-likeness (QED) is 0.750. The van der Waals surface area contributed by atoms with E-state index >= 15 is 0 Å². The van der Waals surface area contributed by atoms with E-state index in [0.29, 0.717) is 6.10 Å². The number of nitrogens with one attached hydrogen (secondary N) is 1. The van der Waals surface area contributed by atoms with Gasteiger partial charge in [0.1, 0.15) is 0 Å². The molecule has 4 heteroatoms. The maximum atomic E-state index is 5.98. The van der Waals surface area contributed by atoms with Crippen molar-refractivity contribution in [1.29, 1.82) is 0 Å². The lowest BCUT2D eigenvalue weighted by atomic mass is 10.1. The second-order valence-corrected chi connectivity index (χ2v) is 6.31. The number of piperidine rings is 1. The lowest BCUT2D eigenvalue weighted by molar-refractivity contribution is 0.0234. The fraction of sp³-hybridized carbons (Fsp3) is 1.00. The minimum atomic E-state index is 0.521. The molecule has 4 nitrogen and oxygen atoms in total. The second-order valence-electron chi connectivity index (χ2n) is 6.31. The highest BCUT2D eigenvalue weighted by atomic mass is 16.5. The van der Waals surface area contributed by atoms with Crippen LogP contribution in [0.3, 0.4) is 0 Å². The van der Waals surface area contributed by atoms with Crippen molar-refractivity contribution >= 4 is 0 Å². The van der Waals surface area contributed by atoms with Crippen LogP contribution >= 0.6 is 0 Å². The minimum Gasteiger partial charge on any atom is -0.378 e. The van der Waals surface area contributed by atoms with Crippen molar-refractivity contribution in [1.82, 2.24) is 15.1 Å². The van der Waals surface area contributed by atoms with Crippen molar-refractivity contribution in [3.8, 4) is 0 Å². The summed E-state index contributed by atoms with van der Waals surface area (Å²) in [5.74, 6) is 0. The molecule has 3 rings (SSSR count). The first-order chi connectivity index (χ1) is 9.42. The highest BCUT2D eigenvalue weighted by molar-refractivity contribution is 4.86. The molecular weight excluding hydrogens is 238 g/mol. The van der Waals surface area contributed by atoms with E-state index in [1.54, 1.807) is 0 Å². The molecule has 0 saturated carbocycles. The molecular formula is C15H29N3O. The fourth-order valence-electron chi connectivity index (χ4n) is 3.76. The Labute approximate surface area is 117 Å². The van der Waals surface area contributed by atoms with Crippen molar-refractivity contribution in [3.05, 3.63) is 0 Å². The number of nitrogens with zero attached hydrogens (tertiary/aromatic N) is 2. The molecule has 19 heavy (non-hydrogen) atoms. The van der Waals surface area contributed by atoms with Crippen molar-refractivity contribution in [3.63, 3.8) is 0 Å². The van der Waals surface area contributed by atoms with Crippen LogP contribution in [0.5, 0.6) is 0 Å². The van der Waals surface area contributed by atoms with E-state index in [9.17, 15) is 0 Å². The summed E-state index contributed by atoms with van der Waals surface area (Å²) in [6.45, 7) is 9.65. The Hall–Kier alpha value is -0.160. The van der Waals surface area contributed by atoms with E-state index in [4.69, 9.17) is 4.74 Å². The molecule has 1 atom stereocenters. The van der Waals surface area contributed by atoms with E-state index < -0.39 is 0 Å². The van der Waals surface area contributed by atoms with Crippen LogP contribution in [0.1, 0.15) is 32.1 Å². The van der Waals surface area contributed by atoms with Crippen molar-refractivity contribution in [2.24, 2.45) is 0 Å². The summed E-state index contributed by atoms with van der Waals surface area (Å²) >= 11 is 0. The molecule has 1 unspecified atom stereocenters. The van der Waals surface area contributed by atoms with E-state index in [1.165, 1.54) is 64.8 Å². The molecule has 0 aromatic rings. The third-order valence-corrected chi connectivity index (χ3v) is 4.93. The van der Waals surface area contributed by atoms with Gasteiger partial charge in [0.25, 0.3) is 0 Å². The first-order valence-corrected chi connectivity index (χ1v) is 8.20. The summed E-state index contributed by atoms with van der Waals surface area (Å²) in [6, 6.07) is 0.860. The van der Waals surface area contributed by atoms with Crippen molar-refractivity contribution in [2.45, 2.75) is 44.2 Å². The number of hydrogen-bond acceptors (Lipinski definition) is 4. The highest BCUT2D eigenvalue weighted by Crippen LogP contribution is 2.21. The summed E-state index contributed by atoms with van der Waals surface area (Å²) in [7, 11) is 0. The van der Waals surface area contributed by atoms with Gasteiger partial charge in [0.15, 0.2) is 0 Å². The van der Waals surface area contributed by atoms with Crippen molar-refractivity contribution in [2.75, 3.05) is 52.4 Å². The second kappa shape index (κ2) is 7.02. The van der Waals surface area contributed by atoms with Crippen LogP contribution in [0, 0.1) is 0 Å². The Morgan fingerprint density at radius 2 is 1.95 bits per heavy atom. The van der Waals surface area contributed by atoms with Gasteiger partial charge >= 0.3 is 0 Å². The van der Waals surface area contributed by atoms with Gasteiger partial charge < -0.3 is 15.0 Å². The molecule has 110 valence electrons. The number of rotatable bonds is 5. The lowest BCUT2D eigenvalue weighted by Crippen LogP contribution is -2.50. The molecule has 0 aliphatic carbocycles. The van der Waals surface area contributed by atoms with E-state index in [0.717, 1.165) is 25.7 Å². The molecule has 1 N–H and O–H groups in total. The van der Waals surface area contributed by atoms with Crippen LogP contribution in [0.15, 0.2) is 0 Å². The molecule has 3 aliphatic heterocycles. The maximum Gasteiger partial charge on any atom is 0.0599 e. The zero-order valence-corrected chi connectivity index (χ0v) is 12.1. The lowest BCUT2D eigenvalue weighted by Gasteiger charge is -2.37. The smallest absolute Gasteiger partial charge is 0.0599 e. The van der Waals surface area contributed by atoms with E-state index in [-0.39, 0.29) is 0 Å². The van der Waals surface area contributed by atoms with Gasteiger partial charge in [-0.05, 0) is 51.7 Å². The van der Waals surface area contributed by atoms with Gasteiger partial charge in [-0.15, -0.1) is 0 Å². The number of piperazine rings is 1. The van der Waals surface area contributed by atoms with Gasteiger partial charge in [-0.25, -0.2) is 0 Å². The zero-order valence-electron chi connectivity index (χ0n) is 12.1. The number of ether oxygens (including phenoxy) is 1. The highest BCUT2D eigenvalue weighted by Gasteiger charge is 2.29. The molecule has 0 amide bonds. The Bertz CT molecular complexity index is 268. The molecule has 3 saturated heterocycles. The SMILES string of the molecule is C(COC1CCNCC1)CN1CCN2CCCC2C1. The molecule has 0 bridgehead atoms. The molecule has 0 radical (unpaired) electrons. The summed E-state index contributed by atoms with van der Waals surface area (Å²) in [5, 5.41) is 3.39. The summed E-state index contributed by atoms with van der Waals surface area (Å²) in [4.78, 5) is 5.33. The summed E-state index contributed by atoms with van der Waals surface area (Å²) in [6.07, 6.45) is 6.95. The predicted octanol–water partition coefficient (Wildman–Crippen LogP) is 0.925. The molecule has 0 aromatic carbocycles. The van der Waals surface area contributed by atoms with Gasteiger partial charge in [0.2, 0.25) is 0 Å². The van der Waals surface area contributed by atoms with Crippen molar-refractivity contribution < 1.29 is 4.74 Å².